The Morgan fingerprint density at radius 3 is 2.79 bits per heavy atom. The van der Waals surface area contributed by atoms with E-state index in [1.165, 1.54) is 29.0 Å². The van der Waals surface area contributed by atoms with Crippen molar-refractivity contribution in [2.24, 2.45) is 0 Å². The first-order valence-corrected chi connectivity index (χ1v) is 9.93. The quantitative estimate of drug-likeness (QED) is 0.681. The molecule has 1 aromatic heterocycles. The molecule has 150 valence electrons. The molecule has 29 heavy (non-hydrogen) atoms. The van der Waals surface area contributed by atoms with Crippen molar-refractivity contribution >= 4 is 5.69 Å². The number of halogens is 1. The number of aliphatic hydroxyl groups excluding tert-OH is 1. The molecule has 0 spiro atoms. The first-order valence-electron chi connectivity index (χ1n) is 9.93. The van der Waals surface area contributed by atoms with Gasteiger partial charge in [-0.2, -0.15) is 0 Å². The molecule has 3 aromatic rings. The van der Waals surface area contributed by atoms with Crippen LogP contribution in [0.15, 0.2) is 60.8 Å². The lowest BCUT2D eigenvalue weighted by Crippen LogP contribution is -2.26. The molecule has 0 bridgehead atoms. The van der Waals surface area contributed by atoms with Crippen LogP contribution in [-0.2, 0) is 13.0 Å². The number of nitrogens with zero attached hydrogens (tertiary/aromatic N) is 2. The molecule has 2 heterocycles. The molecule has 0 amide bonds. The highest BCUT2D eigenvalue weighted by Gasteiger charge is 2.26. The van der Waals surface area contributed by atoms with Gasteiger partial charge in [-0.3, -0.25) is 0 Å². The van der Waals surface area contributed by atoms with Crippen molar-refractivity contribution in [3.8, 4) is 5.88 Å². The highest BCUT2D eigenvalue weighted by atomic mass is 19.1. The van der Waals surface area contributed by atoms with Gasteiger partial charge in [0, 0.05) is 30.4 Å². The van der Waals surface area contributed by atoms with Gasteiger partial charge in [0.25, 0.3) is 5.88 Å². The fraction of sp³-hybridized carbons (Fsp3) is 0.292. The minimum atomic E-state index is -0.442. The molecule has 4 rings (SSSR count). The number of anilines is 1. The third kappa shape index (κ3) is 4.40. The van der Waals surface area contributed by atoms with Gasteiger partial charge in [-0.15, -0.1) is 0 Å². The second-order valence-electron chi connectivity index (χ2n) is 7.49. The fourth-order valence-electron chi connectivity index (χ4n) is 3.87. The maximum atomic E-state index is 13.8. The van der Waals surface area contributed by atoms with Crippen LogP contribution in [0.3, 0.4) is 0 Å². The van der Waals surface area contributed by atoms with Crippen molar-refractivity contribution in [1.29, 1.82) is 0 Å². The zero-order valence-electron chi connectivity index (χ0n) is 16.5. The summed E-state index contributed by atoms with van der Waals surface area (Å²) in [6.45, 7) is 3.53. The maximum absolute atomic E-state index is 13.8. The van der Waals surface area contributed by atoms with Gasteiger partial charge in [-0.05, 0) is 48.2 Å². The van der Waals surface area contributed by atoms with Crippen molar-refractivity contribution in [2.75, 3.05) is 18.0 Å². The lowest BCUT2D eigenvalue weighted by atomic mass is 9.98. The van der Waals surface area contributed by atoms with Gasteiger partial charge < -0.3 is 14.7 Å². The lowest BCUT2D eigenvalue weighted by molar-refractivity contribution is 0.205. The molecule has 1 fully saturated rings. The van der Waals surface area contributed by atoms with Crippen LogP contribution >= 0.6 is 0 Å². The monoisotopic (exact) mass is 392 g/mol. The Morgan fingerprint density at radius 2 is 2.00 bits per heavy atom. The molecule has 1 aliphatic heterocycles. The van der Waals surface area contributed by atoms with Crippen LogP contribution in [0, 0.1) is 12.7 Å². The largest absolute Gasteiger partial charge is 0.470 e. The summed E-state index contributed by atoms with van der Waals surface area (Å²) >= 11 is 0. The van der Waals surface area contributed by atoms with E-state index in [4.69, 9.17) is 4.74 Å². The molecule has 5 heteroatoms. The van der Waals surface area contributed by atoms with Crippen LogP contribution in [0.4, 0.5) is 10.1 Å². The summed E-state index contributed by atoms with van der Waals surface area (Å²) in [5, 5.41) is 9.94. The molecule has 1 saturated heterocycles. The number of hydrogen-bond donors (Lipinski definition) is 1. The lowest BCUT2D eigenvalue weighted by Gasteiger charge is -2.22. The molecule has 0 radical (unpaired) electrons. The molecular weight excluding hydrogens is 367 g/mol. The van der Waals surface area contributed by atoms with Crippen LogP contribution < -0.4 is 9.64 Å². The van der Waals surface area contributed by atoms with Gasteiger partial charge in [0.1, 0.15) is 6.10 Å². The number of rotatable bonds is 6. The Balaban J connectivity index is 1.47. The Bertz CT molecular complexity index is 992. The first-order chi connectivity index (χ1) is 14.1. The predicted molar refractivity (Wildman–Crippen MR) is 112 cm³/mol. The Kier molecular flexibility index (Phi) is 5.76. The number of pyridine rings is 1. The maximum Gasteiger partial charge on any atom is 0.250 e. The number of ether oxygens (including phenoxy) is 1. The number of aliphatic hydroxyl groups is 1. The first kappa shape index (κ1) is 19.4. The van der Waals surface area contributed by atoms with E-state index in [0.29, 0.717) is 6.54 Å². The zero-order valence-corrected chi connectivity index (χ0v) is 16.5. The smallest absolute Gasteiger partial charge is 0.250 e. The molecular formula is C24H25FN2O2. The molecule has 1 atom stereocenters. The molecule has 0 unspecified atom stereocenters. The van der Waals surface area contributed by atoms with E-state index in [1.54, 1.807) is 6.07 Å². The molecule has 1 N–H and O–H groups in total. The van der Waals surface area contributed by atoms with Gasteiger partial charge in [0.05, 0.1) is 13.2 Å². The topological polar surface area (TPSA) is 45.6 Å². The number of aryl methyl sites for hydroxylation is 1. The second-order valence-corrected chi connectivity index (χ2v) is 7.49. The third-order valence-corrected chi connectivity index (χ3v) is 5.46. The van der Waals surface area contributed by atoms with Gasteiger partial charge >= 0.3 is 0 Å². The predicted octanol–water partition coefficient (Wildman–Crippen LogP) is 4.27. The third-order valence-electron chi connectivity index (χ3n) is 5.46. The SMILES string of the molecule is Cc1ccccc1Cc1ccc(N2CC[C@H](Oc3ncccc3F)C2)c(CO)c1. The molecule has 0 aliphatic carbocycles. The van der Waals surface area contributed by atoms with Crippen LogP contribution in [-0.4, -0.2) is 29.3 Å². The summed E-state index contributed by atoms with van der Waals surface area (Å²) in [5.74, 6) is -0.391. The van der Waals surface area contributed by atoms with E-state index in [9.17, 15) is 9.50 Å². The summed E-state index contributed by atoms with van der Waals surface area (Å²) < 4.78 is 19.6. The summed E-state index contributed by atoms with van der Waals surface area (Å²) in [6.07, 6.45) is 3.02. The molecule has 4 nitrogen and oxygen atoms in total. The number of aromatic nitrogens is 1. The Labute approximate surface area is 170 Å². The minimum Gasteiger partial charge on any atom is -0.470 e. The van der Waals surface area contributed by atoms with E-state index in [1.807, 2.05) is 6.07 Å². The Hall–Kier alpha value is -2.92. The summed E-state index contributed by atoms with van der Waals surface area (Å²) in [6, 6.07) is 17.5. The van der Waals surface area contributed by atoms with Gasteiger partial charge in [-0.1, -0.05) is 36.4 Å². The van der Waals surface area contributed by atoms with Crippen LogP contribution in [0.25, 0.3) is 0 Å². The van der Waals surface area contributed by atoms with E-state index < -0.39 is 5.82 Å². The molecule has 0 saturated carbocycles. The summed E-state index contributed by atoms with van der Waals surface area (Å²) in [5.41, 5.74) is 5.64. The minimum absolute atomic E-state index is 0.0200. The standard InChI is InChI=1S/C24H25FN2O2/c1-17-5-2-3-6-19(17)13-18-8-9-23(20(14-18)16-28)27-12-10-21(15-27)29-24-22(25)7-4-11-26-24/h2-9,11,14,21,28H,10,12-13,15-16H2,1H3/t21-/m0/s1. The normalized spacial score (nSPS) is 16.2. The van der Waals surface area contributed by atoms with Crippen molar-refractivity contribution < 1.29 is 14.2 Å². The number of benzene rings is 2. The Morgan fingerprint density at radius 1 is 1.14 bits per heavy atom. The average Bonchev–Trinajstić information content (AvgIpc) is 3.19. The van der Waals surface area contributed by atoms with Crippen molar-refractivity contribution in [1.82, 2.24) is 4.98 Å². The van der Waals surface area contributed by atoms with E-state index in [-0.39, 0.29) is 18.6 Å². The summed E-state index contributed by atoms with van der Waals surface area (Å²) in [4.78, 5) is 6.17. The van der Waals surface area contributed by atoms with Crippen LogP contribution in [0.1, 0.15) is 28.7 Å². The van der Waals surface area contributed by atoms with Crippen LogP contribution in [0.5, 0.6) is 5.88 Å². The zero-order chi connectivity index (χ0) is 20.2. The van der Waals surface area contributed by atoms with Crippen molar-refractivity contribution in [2.45, 2.75) is 32.5 Å². The van der Waals surface area contributed by atoms with E-state index in [0.717, 1.165) is 30.6 Å². The van der Waals surface area contributed by atoms with Gasteiger partial charge in [0.2, 0.25) is 0 Å². The van der Waals surface area contributed by atoms with E-state index >= 15 is 0 Å². The van der Waals surface area contributed by atoms with Gasteiger partial charge in [-0.25, -0.2) is 9.37 Å². The molecule has 1 aliphatic rings. The average molecular weight is 392 g/mol. The summed E-state index contributed by atoms with van der Waals surface area (Å²) in [7, 11) is 0. The molecule has 2 aromatic carbocycles. The highest BCUT2D eigenvalue weighted by molar-refractivity contribution is 5.56. The number of hydrogen-bond acceptors (Lipinski definition) is 4. The second kappa shape index (κ2) is 8.62. The van der Waals surface area contributed by atoms with Crippen molar-refractivity contribution in [3.63, 3.8) is 0 Å². The highest BCUT2D eigenvalue weighted by Crippen LogP contribution is 2.29. The fourth-order valence-corrected chi connectivity index (χ4v) is 3.87. The van der Waals surface area contributed by atoms with Crippen molar-refractivity contribution in [3.05, 3.63) is 88.9 Å². The van der Waals surface area contributed by atoms with E-state index in [2.05, 4.69) is 53.2 Å². The van der Waals surface area contributed by atoms with Gasteiger partial charge in [0.15, 0.2) is 5.82 Å². The van der Waals surface area contributed by atoms with Crippen LogP contribution in [0.2, 0.25) is 0 Å².